The minimum absolute atomic E-state index is 0.977. The fourth-order valence-corrected chi connectivity index (χ4v) is 5.19. The van der Waals surface area contributed by atoms with Gasteiger partial charge in [-0.1, -0.05) is 103 Å². The van der Waals surface area contributed by atoms with E-state index >= 15 is 0 Å². The fourth-order valence-electron chi connectivity index (χ4n) is 5.19. The van der Waals surface area contributed by atoms with Gasteiger partial charge in [0.1, 0.15) is 0 Å². The standard InChI is InChI=1S/C34H22N2/c1-2-10-24(11-3-1)33-20-30(34-29-16-7-4-9-23(29)17-18-32(34)36-33)25-13-8-14-26(19-25)31-22-35-21-27-12-5-6-15-28(27)31/h1-22H. The van der Waals surface area contributed by atoms with Crippen LogP contribution in [-0.2, 0) is 0 Å². The minimum Gasteiger partial charge on any atom is -0.263 e. The van der Waals surface area contributed by atoms with Gasteiger partial charge >= 0.3 is 0 Å². The van der Waals surface area contributed by atoms with Crippen molar-refractivity contribution < 1.29 is 0 Å². The number of hydrogen-bond donors (Lipinski definition) is 0. The zero-order valence-electron chi connectivity index (χ0n) is 19.6. The zero-order valence-corrected chi connectivity index (χ0v) is 19.6. The minimum atomic E-state index is 0.977. The van der Waals surface area contributed by atoms with Gasteiger partial charge in [0.2, 0.25) is 0 Å². The van der Waals surface area contributed by atoms with E-state index in [1.807, 2.05) is 18.5 Å². The molecule has 5 aromatic carbocycles. The van der Waals surface area contributed by atoms with Gasteiger partial charge in [-0.3, -0.25) is 4.98 Å². The second-order valence-electron chi connectivity index (χ2n) is 9.09. The van der Waals surface area contributed by atoms with Crippen LogP contribution in [0, 0.1) is 0 Å². The first kappa shape index (κ1) is 20.5. The lowest BCUT2D eigenvalue weighted by Crippen LogP contribution is -1.92. The summed E-state index contributed by atoms with van der Waals surface area (Å²) in [7, 11) is 0. The molecule has 0 aliphatic heterocycles. The molecule has 0 fully saturated rings. The Hall–Kier alpha value is -4.82. The molecule has 2 heterocycles. The monoisotopic (exact) mass is 458 g/mol. The lowest BCUT2D eigenvalue weighted by atomic mass is 9.92. The predicted octanol–water partition coefficient (Wildman–Crippen LogP) is 8.94. The zero-order chi connectivity index (χ0) is 23.9. The smallest absolute Gasteiger partial charge is 0.0722 e. The van der Waals surface area contributed by atoms with Crippen molar-refractivity contribution in [2.45, 2.75) is 0 Å². The molecule has 0 unspecified atom stereocenters. The van der Waals surface area contributed by atoms with Gasteiger partial charge < -0.3 is 0 Å². The van der Waals surface area contributed by atoms with E-state index in [0.29, 0.717) is 0 Å². The van der Waals surface area contributed by atoms with Gasteiger partial charge in [-0.15, -0.1) is 0 Å². The number of hydrogen-bond acceptors (Lipinski definition) is 2. The van der Waals surface area contributed by atoms with Crippen LogP contribution in [0.2, 0.25) is 0 Å². The molecule has 0 amide bonds. The van der Waals surface area contributed by atoms with Crippen molar-refractivity contribution in [3.8, 4) is 33.5 Å². The summed E-state index contributed by atoms with van der Waals surface area (Å²) in [6, 6.07) is 42.8. The summed E-state index contributed by atoms with van der Waals surface area (Å²) < 4.78 is 0. The number of rotatable bonds is 3. The van der Waals surface area contributed by atoms with E-state index in [-0.39, 0.29) is 0 Å². The lowest BCUT2D eigenvalue weighted by Gasteiger charge is -2.14. The summed E-state index contributed by atoms with van der Waals surface area (Å²) in [4.78, 5) is 9.62. The van der Waals surface area contributed by atoms with Crippen LogP contribution in [0.4, 0.5) is 0 Å². The average Bonchev–Trinajstić information content (AvgIpc) is 2.96. The van der Waals surface area contributed by atoms with E-state index in [4.69, 9.17) is 4.98 Å². The van der Waals surface area contributed by atoms with Gasteiger partial charge in [-0.25, -0.2) is 4.98 Å². The molecule has 7 rings (SSSR count). The van der Waals surface area contributed by atoms with Crippen LogP contribution in [-0.4, -0.2) is 9.97 Å². The number of aromatic nitrogens is 2. The molecule has 0 aliphatic carbocycles. The highest BCUT2D eigenvalue weighted by Crippen LogP contribution is 2.38. The Morgan fingerprint density at radius 1 is 0.444 bits per heavy atom. The van der Waals surface area contributed by atoms with Crippen molar-refractivity contribution in [1.82, 2.24) is 9.97 Å². The van der Waals surface area contributed by atoms with Crippen LogP contribution in [0.1, 0.15) is 0 Å². The molecule has 0 saturated carbocycles. The summed E-state index contributed by atoms with van der Waals surface area (Å²) in [5.74, 6) is 0. The quantitative estimate of drug-likeness (QED) is 0.247. The van der Waals surface area contributed by atoms with Gasteiger partial charge in [-0.2, -0.15) is 0 Å². The molecule has 2 heteroatoms. The maximum Gasteiger partial charge on any atom is 0.0722 e. The fraction of sp³-hybridized carbons (Fsp3) is 0. The summed E-state index contributed by atoms with van der Waals surface area (Å²) >= 11 is 0. The SMILES string of the molecule is c1ccc(-c2cc(-c3cccc(-c4cncc5ccccc45)c3)c3c(ccc4ccccc43)n2)cc1. The molecule has 168 valence electrons. The summed E-state index contributed by atoms with van der Waals surface area (Å²) in [6.45, 7) is 0. The molecular weight excluding hydrogens is 436 g/mol. The van der Waals surface area contributed by atoms with Crippen molar-refractivity contribution in [1.29, 1.82) is 0 Å². The van der Waals surface area contributed by atoms with Crippen LogP contribution >= 0.6 is 0 Å². The predicted molar refractivity (Wildman–Crippen MR) is 151 cm³/mol. The molecule has 0 saturated heterocycles. The summed E-state index contributed by atoms with van der Waals surface area (Å²) in [6.07, 6.45) is 3.90. The van der Waals surface area contributed by atoms with Crippen molar-refractivity contribution in [2.24, 2.45) is 0 Å². The molecule has 0 aliphatic rings. The van der Waals surface area contributed by atoms with Gasteiger partial charge in [0, 0.05) is 34.3 Å². The van der Waals surface area contributed by atoms with E-state index in [0.717, 1.165) is 33.3 Å². The van der Waals surface area contributed by atoms with E-state index in [2.05, 4.69) is 120 Å². The number of nitrogens with zero attached hydrogens (tertiary/aromatic N) is 2. The summed E-state index contributed by atoms with van der Waals surface area (Å²) in [5.41, 5.74) is 7.74. The van der Waals surface area contributed by atoms with Gasteiger partial charge in [0.05, 0.1) is 11.2 Å². The Labute approximate surface area is 209 Å². The third kappa shape index (κ3) is 3.43. The largest absolute Gasteiger partial charge is 0.263 e. The molecule has 0 N–H and O–H groups in total. The highest BCUT2D eigenvalue weighted by atomic mass is 14.7. The van der Waals surface area contributed by atoms with E-state index in [1.165, 1.54) is 32.7 Å². The second kappa shape index (κ2) is 8.44. The number of fused-ring (bicyclic) bond motifs is 4. The van der Waals surface area contributed by atoms with Crippen LogP contribution in [0.15, 0.2) is 134 Å². The molecule has 0 radical (unpaired) electrons. The van der Waals surface area contributed by atoms with Gasteiger partial charge in [0.25, 0.3) is 0 Å². The molecule has 7 aromatic rings. The molecule has 0 atom stereocenters. The van der Waals surface area contributed by atoms with E-state index < -0.39 is 0 Å². The first-order valence-corrected chi connectivity index (χ1v) is 12.2. The van der Waals surface area contributed by atoms with Crippen molar-refractivity contribution in [3.05, 3.63) is 134 Å². The maximum absolute atomic E-state index is 5.09. The molecule has 0 bridgehead atoms. The highest BCUT2D eigenvalue weighted by Gasteiger charge is 2.14. The normalized spacial score (nSPS) is 11.3. The number of pyridine rings is 2. The molecule has 2 aromatic heterocycles. The Kier molecular flexibility index (Phi) is 4.82. The van der Waals surface area contributed by atoms with E-state index in [1.54, 1.807) is 0 Å². The Bertz CT molecular complexity index is 1880. The second-order valence-corrected chi connectivity index (χ2v) is 9.09. The van der Waals surface area contributed by atoms with E-state index in [9.17, 15) is 0 Å². The maximum atomic E-state index is 5.09. The first-order valence-electron chi connectivity index (χ1n) is 12.2. The van der Waals surface area contributed by atoms with Crippen molar-refractivity contribution in [3.63, 3.8) is 0 Å². The van der Waals surface area contributed by atoms with Crippen LogP contribution in [0.5, 0.6) is 0 Å². The van der Waals surface area contributed by atoms with Crippen LogP contribution in [0.3, 0.4) is 0 Å². The molecule has 0 spiro atoms. The highest BCUT2D eigenvalue weighted by molar-refractivity contribution is 6.14. The van der Waals surface area contributed by atoms with Crippen LogP contribution in [0.25, 0.3) is 66.0 Å². The molecular formula is C34H22N2. The lowest BCUT2D eigenvalue weighted by molar-refractivity contribution is 1.36. The van der Waals surface area contributed by atoms with Gasteiger partial charge in [0.15, 0.2) is 0 Å². The van der Waals surface area contributed by atoms with Crippen LogP contribution < -0.4 is 0 Å². The third-order valence-corrected chi connectivity index (χ3v) is 6.92. The summed E-state index contributed by atoms with van der Waals surface area (Å²) in [5, 5.41) is 5.97. The van der Waals surface area contributed by atoms with Crippen molar-refractivity contribution in [2.75, 3.05) is 0 Å². The third-order valence-electron chi connectivity index (χ3n) is 6.92. The Morgan fingerprint density at radius 3 is 2.00 bits per heavy atom. The van der Waals surface area contributed by atoms with Crippen molar-refractivity contribution >= 4 is 32.4 Å². The Balaban J connectivity index is 1.52. The Morgan fingerprint density at radius 2 is 1.14 bits per heavy atom. The number of benzene rings is 5. The molecule has 36 heavy (non-hydrogen) atoms. The first-order chi connectivity index (χ1) is 17.8. The topological polar surface area (TPSA) is 25.8 Å². The average molecular weight is 459 g/mol. The molecule has 2 nitrogen and oxygen atoms in total. The van der Waals surface area contributed by atoms with Gasteiger partial charge in [-0.05, 0) is 51.0 Å².